The summed E-state index contributed by atoms with van der Waals surface area (Å²) in [7, 11) is -5.81. The largest absolute Gasteiger partial charge is 0.309 e. The number of aryl methyl sites for hydroxylation is 2. The fourth-order valence-corrected chi connectivity index (χ4v) is 24.1. The van der Waals surface area contributed by atoms with Crippen LogP contribution in [0.25, 0.3) is 55.0 Å². The maximum absolute atomic E-state index is 3.00. The number of benzene rings is 10. The van der Waals surface area contributed by atoms with E-state index in [0.29, 0.717) is 0 Å². The molecule has 2 nitrogen and oxygen atoms in total. The molecule has 4 heteroatoms. The number of hydrogen-bond acceptors (Lipinski definition) is 0. The zero-order valence-corrected chi connectivity index (χ0v) is 39.0. The molecule has 0 saturated carbocycles. The third-order valence-corrected chi connectivity index (χ3v) is 24.9. The van der Waals surface area contributed by atoms with Gasteiger partial charge in [-0.15, -0.1) is 0 Å². The van der Waals surface area contributed by atoms with Gasteiger partial charge in [-0.25, -0.2) is 0 Å². The molecule has 0 atom stereocenters. The number of aromatic nitrogens is 2. The van der Waals surface area contributed by atoms with E-state index in [1.54, 1.807) is 0 Å². The molecule has 0 amide bonds. The van der Waals surface area contributed by atoms with E-state index in [1.807, 2.05) is 0 Å². The molecule has 0 saturated heterocycles. The lowest BCUT2D eigenvalue weighted by molar-refractivity contribution is 1.17. The molecule has 0 N–H and O–H groups in total. The highest BCUT2D eigenvalue weighted by atomic mass is 28.3. The first kappa shape index (κ1) is 38.7. The van der Waals surface area contributed by atoms with Gasteiger partial charge < -0.3 is 9.13 Å². The van der Waals surface area contributed by atoms with Gasteiger partial charge in [0.05, 0.1) is 22.1 Å². The lowest BCUT2D eigenvalue weighted by Gasteiger charge is -2.48. The van der Waals surface area contributed by atoms with E-state index in [2.05, 4.69) is 266 Å². The van der Waals surface area contributed by atoms with E-state index in [4.69, 9.17) is 0 Å². The molecule has 312 valence electrons. The van der Waals surface area contributed by atoms with Crippen LogP contribution >= 0.6 is 0 Å². The third-order valence-electron chi connectivity index (χ3n) is 14.6. The zero-order valence-electron chi connectivity index (χ0n) is 37.0. The Bertz CT molecular complexity index is 3700. The van der Waals surface area contributed by atoms with Gasteiger partial charge in [-0.2, -0.15) is 0 Å². The fraction of sp³-hybridized carbons (Fsp3) is 0.0323. The smallest absolute Gasteiger partial charge is 0.179 e. The van der Waals surface area contributed by atoms with Crippen LogP contribution in [0, 0.1) is 13.8 Å². The zero-order chi connectivity index (χ0) is 44.0. The maximum Gasteiger partial charge on any atom is 0.179 e. The molecule has 13 rings (SSSR count). The molecule has 1 aliphatic rings. The van der Waals surface area contributed by atoms with Gasteiger partial charge in [0.2, 0.25) is 0 Å². The molecule has 0 spiro atoms. The average molecular weight is 875 g/mol. The Labute approximate surface area is 387 Å². The standard InChI is InChI=1S/C62H46N2Si2/c1-43-33-36-56-52(39-43)53-40-44(2)34-37-57(53)64(56)46-35-38-58-54(42-46)51-27-12-13-28-55(51)63(58)45-19-18-26-50(41-45)66(49-24-10-5-11-25-49)61-31-16-14-29-59(61)65(47-20-6-3-7-21-47,48-22-8-4-9-23-48)60-30-15-17-32-62(60)66/h3-42H,1-2H3. The van der Waals surface area contributed by atoms with Gasteiger partial charge in [0, 0.05) is 32.9 Å². The molecule has 10 aromatic carbocycles. The minimum atomic E-state index is -3.00. The predicted octanol–water partition coefficient (Wildman–Crippen LogP) is 9.57. The Morgan fingerprint density at radius 3 is 1.12 bits per heavy atom. The molecule has 0 aliphatic carbocycles. The highest BCUT2D eigenvalue weighted by molar-refractivity contribution is 7.32. The van der Waals surface area contributed by atoms with Gasteiger partial charge in [0.1, 0.15) is 0 Å². The highest BCUT2D eigenvalue weighted by Gasteiger charge is 2.56. The van der Waals surface area contributed by atoms with Crippen LogP contribution in [0.15, 0.2) is 243 Å². The third kappa shape index (κ3) is 5.40. The molecule has 0 unspecified atom stereocenters. The Balaban J connectivity index is 1.08. The number of para-hydroxylation sites is 1. The van der Waals surface area contributed by atoms with Crippen molar-refractivity contribution in [1.82, 2.24) is 9.13 Å². The molecule has 12 aromatic rings. The summed E-state index contributed by atoms with van der Waals surface area (Å²) in [4.78, 5) is 0. The van der Waals surface area contributed by atoms with Crippen LogP contribution in [-0.4, -0.2) is 25.3 Å². The van der Waals surface area contributed by atoms with Crippen molar-refractivity contribution in [2.45, 2.75) is 13.8 Å². The van der Waals surface area contributed by atoms with Gasteiger partial charge in [0.15, 0.2) is 16.1 Å². The minimum absolute atomic E-state index is 1.17. The van der Waals surface area contributed by atoms with Crippen LogP contribution in [0.5, 0.6) is 0 Å². The Hall–Kier alpha value is -7.77. The molecular weight excluding hydrogens is 829 g/mol. The molecule has 0 bridgehead atoms. The van der Waals surface area contributed by atoms with Crippen LogP contribution < -0.4 is 41.5 Å². The molecule has 1 aliphatic heterocycles. The second-order valence-corrected chi connectivity index (χ2v) is 25.6. The number of rotatable bonds is 6. The summed E-state index contributed by atoms with van der Waals surface area (Å²) >= 11 is 0. The second-order valence-electron chi connectivity index (χ2n) is 18.2. The van der Waals surface area contributed by atoms with Crippen molar-refractivity contribution < 1.29 is 0 Å². The van der Waals surface area contributed by atoms with Crippen LogP contribution in [0.3, 0.4) is 0 Å². The topological polar surface area (TPSA) is 9.86 Å². The van der Waals surface area contributed by atoms with E-state index < -0.39 is 16.1 Å². The van der Waals surface area contributed by atoms with E-state index in [1.165, 1.54) is 108 Å². The van der Waals surface area contributed by atoms with E-state index in [0.717, 1.165) is 0 Å². The molecule has 66 heavy (non-hydrogen) atoms. The summed E-state index contributed by atoms with van der Waals surface area (Å²) in [5.74, 6) is 0. The van der Waals surface area contributed by atoms with Crippen LogP contribution in [0.1, 0.15) is 11.1 Å². The van der Waals surface area contributed by atoms with Crippen molar-refractivity contribution in [2.24, 2.45) is 0 Å². The van der Waals surface area contributed by atoms with Crippen molar-refractivity contribution in [3.05, 3.63) is 254 Å². The van der Waals surface area contributed by atoms with Crippen LogP contribution in [0.4, 0.5) is 0 Å². The molecule has 0 radical (unpaired) electrons. The van der Waals surface area contributed by atoms with Gasteiger partial charge in [0.25, 0.3) is 0 Å². The second kappa shape index (κ2) is 14.9. The van der Waals surface area contributed by atoms with Crippen molar-refractivity contribution in [2.75, 3.05) is 0 Å². The molecule has 3 heterocycles. The van der Waals surface area contributed by atoms with E-state index in [9.17, 15) is 0 Å². The summed E-state index contributed by atoms with van der Waals surface area (Å²) in [5.41, 5.74) is 9.75. The Morgan fingerprint density at radius 2 is 0.621 bits per heavy atom. The highest BCUT2D eigenvalue weighted by Crippen LogP contribution is 2.37. The summed E-state index contributed by atoms with van der Waals surface area (Å²) in [6, 6.07) is 92.8. The average Bonchev–Trinajstić information content (AvgIpc) is 3.88. The van der Waals surface area contributed by atoms with Crippen LogP contribution in [-0.2, 0) is 0 Å². The van der Waals surface area contributed by atoms with Gasteiger partial charge in [-0.05, 0) is 116 Å². The van der Waals surface area contributed by atoms with Gasteiger partial charge in [-0.1, -0.05) is 193 Å². The van der Waals surface area contributed by atoms with Crippen molar-refractivity contribution >= 4 is 101 Å². The van der Waals surface area contributed by atoms with Gasteiger partial charge in [-0.3, -0.25) is 0 Å². The number of nitrogens with zero attached hydrogens (tertiary/aromatic N) is 2. The predicted molar refractivity (Wildman–Crippen MR) is 285 cm³/mol. The summed E-state index contributed by atoms with van der Waals surface area (Å²) in [5, 5.41) is 16.6. The number of fused-ring (bicyclic) bond motifs is 8. The van der Waals surface area contributed by atoms with Gasteiger partial charge >= 0.3 is 0 Å². The lowest BCUT2D eigenvalue weighted by atomic mass is 10.1. The number of hydrogen-bond donors (Lipinski definition) is 0. The Kier molecular flexibility index (Phi) is 8.73. The monoisotopic (exact) mass is 874 g/mol. The molecule has 0 fully saturated rings. The first-order valence-electron chi connectivity index (χ1n) is 23.1. The van der Waals surface area contributed by atoms with E-state index in [-0.39, 0.29) is 0 Å². The summed E-state index contributed by atoms with van der Waals surface area (Å²) < 4.78 is 4.97. The van der Waals surface area contributed by atoms with Crippen molar-refractivity contribution in [3.63, 3.8) is 0 Å². The maximum atomic E-state index is 2.55. The first-order chi connectivity index (χ1) is 32.6. The SMILES string of the molecule is Cc1ccc2c(c1)c1cc(C)ccc1n2-c1ccc2c(c1)c1ccccc1n2-c1cccc([Si]2(c3ccccc3)c3ccccc3[Si](c3ccccc3)(c3ccccc3)c3ccccc32)c1. The summed E-state index contributed by atoms with van der Waals surface area (Å²) in [6.07, 6.45) is 0. The first-order valence-corrected chi connectivity index (χ1v) is 27.1. The lowest BCUT2D eigenvalue weighted by Crippen LogP contribution is -2.93. The minimum Gasteiger partial charge on any atom is -0.309 e. The molecular formula is C62H46N2Si2. The normalized spacial score (nSPS) is 13.8. The fourth-order valence-electron chi connectivity index (χ4n) is 12.0. The van der Waals surface area contributed by atoms with E-state index >= 15 is 0 Å². The molecule has 2 aromatic heterocycles. The summed E-state index contributed by atoms with van der Waals surface area (Å²) in [6.45, 7) is 4.38. The quantitative estimate of drug-likeness (QED) is 0.148. The van der Waals surface area contributed by atoms with Crippen LogP contribution in [0.2, 0.25) is 0 Å². The Morgan fingerprint density at radius 1 is 0.258 bits per heavy atom. The van der Waals surface area contributed by atoms with Crippen molar-refractivity contribution in [3.8, 4) is 11.4 Å². The van der Waals surface area contributed by atoms with Crippen molar-refractivity contribution in [1.29, 1.82) is 0 Å².